The van der Waals surface area contributed by atoms with E-state index in [1.54, 1.807) is 4.40 Å². The van der Waals surface area contributed by atoms with Gasteiger partial charge >= 0.3 is 0 Å². The second kappa shape index (κ2) is 9.22. The number of benzene rings is 1. The molecule has 28 heavy (non-hydrogen) atoms. The van der Waals surface area contributed by atoms with Gasteiger partial charge in [0.25, 0.3) is 11.7 Å². The van der Waals surface area contributed by atoms with Gasteiger partial charge in [0.1, 0.15) is 11.4 Å². The van der Waals surface area contributed by atoms with Crippen LogP contribution in [0.2, 0.25) is 0 Å². The number of Topliss-reactive ketones (excluding diaryl/α,β-unsaturated/α-hetero) is 1. The average Bonchev–Trinajstić information content (AvgIpc) is 3.11. The van der Waals surface area contributed by atoms with E-state index >= 15 is 0 Å². The normalized spacial score (nSPS) is 10.8. The number of amides is 1. The number of ketones is 1. The van der Waals surface area contributed by atoms with Crippen molar-refractivity contribution in [2.24, 2.45) is 0 Å². The molecule has 146 valence electrons. The van der Waals surface area contributed by atoms with Crippen molar-refractivity contribution in [3.8, 4) is 16.9 Å². The summed E-state index contributed by atoms with van der Waals surface area (Å²) in [6.07, 6.45) is 4.77. The molecular formula is C23H26N2O3. The van der Waals surface area contributed by atoms with Crippen molar-refractivity contribution in [1.82, 2.24) is 9.72 Å². The van der Waals surface area contributed by atoms with Crippen LogP contribution in [0.3, 0.4) is 0 Å². The Bertz CT molecular complexity index is 958. The number of carbonyl (C=O) groups excluding carboxylic acids is 2. The van der Waals surface area contributed by atoms with Crippen molar-refractivity contribution in [2.45, 2.75) is 33.1 Å². The summed E-state index contributed by atoms with van der Waals surface area (Å²) in [7, 11) is 0. The Kier molecular flexibility index (Phi) is 6.48. The number of nitrogens with zero attached hydrogens (tertiary/aromatic N) is 1. The van der Waals surface area contributed by atoms with Crippen molar-refractivity contribution in [2.75, 3.05) is 13.2 Å². The fourth-order valence-electron chi connectivity index (χ4n) is 3.24. The van der Waals surface area contributed by atoms with Gasteiger partial charge in [-0.25, -0.2) is 0 Å². The molecule has 3 aromatic rings. The highest BCUT2D eigenvalue weighted by Gasteiger charge is 2.24. The van der Waals surface area contributed by atoms with Crippen molar-refractivity contribution in [1.29, 1.82) is 0 Å². The van der Waals surface area contributed by atoms with Gasteiger partial charge in [-0.05, 0) is 49.2 Å². The van der Waals surface area contributed by atoms with Gasteiger partial charge in [0, 0.05) is 23.8 Å². The predicted octanol–water partition coefficient (Wildman–Crippen LogP) is 4.49. The number of nitrogens with one attached hydrogen (secondary N) is 1. The van der Waals surface area contributed by atoms with Gasteiger partial charge in [0.15, 0.2) is 0 Å². The van der Waals surface area contributed by atoms with E-state index in [1.807, 2.05) is 61.7 Å². The molecule has 0 spiro atoms. The lowest BCUT2D eigenvalue weighted by atomic mass is 10.0. The van der Waals surface area contributed by atoms with Crippen molar-refractivity contribution in [3.05, 3.63) is 60.4 Å². The standard InChI is InChI=1S/C23H26N2O3/c1-3-5-7-14-24-23(27)22(26)21-20(16-18-9-6-8-15-25(18)21)17-10-12-19(13-11-17)28-4-2/h6,8-13,15-16H,3-5,7,14H2,1-2H3,(H,24,27). The molecule has 0 saturated heterocycles. The molecule has 0 aliphatic heterocycles. The highest BCUT2D eigenvalue weighted by molar-refractivity contribution is 6.43. The summed E-state index contributed by atoms with van der Waals surface area (Å²) in [5.74, 6) is -0.310. The van der Waals surface area contributed by atoms with Gasteiger partial charge in [-0.3, -0.25) is 9.59 Å². The molecular weight excluding hydrogens is 352 g/mol. The topological polar surface area (TPSA) is 59.8 Å². The van der Waals surface area contributed by atoms with E-state index in [2.05, 4.69) is 12.2 Å². The minimum absolute atomic E-state index is 0.382. The molecule has 1 aromatic carbocycles. The SMILES string of the molecule is CCCCCNC(=O)C(=O)c1c(-c2ccc(OCC)cc2)cc2ccccn12. The summed E-state index contributed by atoms with van der Waals surface area (Å²) in [6, 6.07) is 15.2. The first-order valence-electron chi connectivity index (χ1n) is 9.81. The maximum atomic E-state index is 13.0. The van der Waals surface area contributed by atoms with Crippen LogP contribution in [-0.4, -0.2) is 29.2 Å². The first-order chi connectivity index (χ1) is 13.7. The predicted molar refractivity (Wildman–Crippen MR) is 111 cm³/mol. The number of hydrogen-bond donors (Lipinski definition) is 1. The van der Waals surface area contributed by atoms with E-state index < -0.39 is 11.7 Å². The second-order valence-corrected chi connectivity index (χ2v) is 6.65. The zero-order valence-corrected chi connectivity index (χ0v) is 16.4. The third-order valence-electron chi connectivity index (χ3n) is 4.64. The molecule has 2 aromatic heterocycles. The third kappa shape index (κ3) is 4.25. The van der Waals surface area contributed by atoms with E-state index in [1.165, 1.54) is 0 Å². The molecule has 1 amide bonds. The van der Waals surface area contributed by atoms with Crippen LogP contribution in [0, 0.1) is 0 Å². The Hall–Kier alpha value is -3.08. The van der Waals surface area contributed by atoms with Crippen LogP contribution in [0.15, 0.2) is 54.7 Å². The highest BCUT2D eigenvalue weighted by Crippen LogP contribution is 2.29. The van der Waals surface area contributed by atoms with E-state index in [0.29, 0.717) is 18.8 Å². The Labute approximate surface area is 165 Å². The van der Waals surface area contributed by atoms with Crippen molar-refractivity contribution < 1.29 is 14.3 Å². The third-order valence-corrected chi connectivity index (χ3v) is 4.64. The minimum Gasteiger partial charge on any atom is -0.494 e. The Morgan fingerprint density at radius 3 is 2.54 bits per heavy atom. The number of carbonyl (C=O) groups is 2. The summed E-state index contributed by atoms with van der Waals surface area (Å²) in [6.45, 7) is 5.14. The number of fused-ring (bicyclic) bond motifs is 1. The smallest absolute Gasteiger partial charge is 0.294 e. The quantitative estimate of drug-likeness (QED) is 0.339. The lowest BCUT2D eigenvalue weighted by Crippen LogP contribution is -2.32. The Balaban J connectivity index is 1.95. The van der Waals surface area contributed by atoms with Gasteiger partial charge in [-0.15, -0.1) is 0 Å². The summed E-state index contributed by atoms with van der Waals surface area (Å²) in [4.78, 5) is 25.5. The molecule has 0 bridgehead atoms. The number of pyridine rings is 1. The Morgan fingerprint density at radius 1 is 1.04 bits per heavy atom. The molecule has 0 aliphatic rings. The van der Waals surface area contributed by atoms with E-state index in [-0.39, 0.29) is 0 Å². The zero-order chi connectivity index (χ0) is 19.9. The van der Waals surface area contributed by atoms with Gasteiger partial charge in [0.2, 0.25) is 0 Å². The largest absolute Gasteiger partial charge is 0.494 e. The summed E-state index contributed by atoms with van der Waals surface area (Å²) in [5.41, 5.74) is 2.86. The number of unbranched alkanes of at least 4 members (excludes halogenated alkanes) is 2. The highest BCUT2D eigenvalue weighted by atomic mass is 16.5. The van der Waals surface area contributed by atoms with Crippen molar-refractivity contribution >= 4 is 17.2 Å². The molecule has 0 unspecified atom stereocenters. The van der Waals surface area contributed by atoms with Crippen LogP contribution in [-0.2, 0) is 4.79 Å². The summed E-state index contributed by atoms with van der Waals surface area (Å²) < 4.78 is 7.28. The Morgan fingerprint density at radius 2 is 1.82 bits per heavy atom. The molecule has 2 heterocycles. The minimum atomic E-state index is -0.563. The van der Waals surface area contributed by atoms with Crippen molar-refractivity contribution in [3.63, 3.8) is 0 Å². The number of hydrogen-bond acceptors (Lipinski definition) is 3. The first-order valence-corrected chi connectivity index (χ1v) is 9.81. The van der Waals surface area contributed by atoms with Crippen LogP contribution in [0.25, 0.3) is 16.6 Å². The van der Waals surface area contributed by atoms with Gasteiger partial charge < -0.3 is 14.5 Å². The zero-order valence-electron chi connectivity index (χ0n) is 16.4. The maximum absolute atomic E-state index is 13.0. The van der Waals surface area contributed by atoms with E-state index in [9.17, 15) is 9.59 Å². The molecule has 5 nitrogen and oxygen atoms in total. The van der Waals surface area contributed by atoms with Crippen LogP contribution in [0.4, 0.5) is 0 Å². The van der Waals surface area contributed by atoms with Gasteiger partial charge in [-0.2, -0.15) is 0 Å². The first kappa shape index (κ1) is 19.7. The fourth-order valence-corrected chi connectivity index (χ4v) is 3.24. The number of aromatic nitrogens is 1. The molecule has 0 fully saturated rings. The summed E-state index contributed by atoms with van der Waals surface area (Å²) >= 11 is 0. The van der Waals surface area contributed by atoms with Crippen LogP contribution in [0.5, 0.6) is 5.75 Å². The van der Waals surface area contributed by atoms with Crippen LogP contribution < -0.4 is 10.1 Å². The second-order valence-electron chi connectivity index (χ2n) is 6.65. The lowest BCUT2D eigenvalue weighted by molar-refractivity contribution is -0.117. The molecule has 1 N–H and O–H groups in total. The molecule has 0 atom stereocenters. The number of rotatable bonds is 9. The van der Waals surface area contributed by atoms with E-state index in [0.717, 1.165) is 41.7 Å². The summed E-state index contributed by atoms with van der Waals surface area (Å²) in [5, 5.41) is 2.75. The molecule has 0 aliphatic carbocycles. The monoisotopic (exact) mass is 378 g/mol. The van der Waals surface area contributed by atoms with Gasteiger partial charge in [-0.1, -0.05) is 38.0 Å². The molecule has 5 heteroatoms. The molecule has 0 radical (unpaired) electrons. The lowest BCUT2D eigenvalue weighted by Gasteiger charge is -2.08. The maximum Gasteiger partial charge on any atom is 0.294 e. The van der Waals surface area contributed by atoms with Crippen LogP contribution in [0.1, 0.15) is 43.6 Å². The number of ether oxygens (including phenoxy) is 1. The van der Waals surface area contributed by atoms with Crippen LogP contribution >= 0.6 is 0 Å². The molecule has 3 rings (SSSR count). The fraction of sp³-hybridized carbons (Fsp3) is 0.304. The van der Waals surface area contributed by atoms with E-state index in [4.69, 9.17) is 4.74 Å². The molecule has 0 saturated carbocycles. The van der Waals surface area contributed by atoms with Gasteiger partial charge in [0.05, 0.1) is 6.61 Å². The average molecular weight is 378 g/mol.